The minimum atomic E-state index is -0.523. The monoisotopic (exact) mass is 374 g/mol. The third-order valence-electron chi connectivity index (χ3n) is 8.92. The Bertz CT molecular complexity index is 665. The molecule has 0 aliphatic heterocycles. The van der Waals surface area contributed by atoms with Gasteiger partial charge in [-0.05, 0) is 87.4 Å². The van der Waals surface area contributed by atoms with Gasteiger partial charge in [-0.1, -0.05) is 18.6 Å². The number of fused-ring (bicyclic) bond motifs is 5. The van der Waals surface area contributed by atoms with Crippen LogP contribution < -0.4 is 0 Å². The van der Waals surface area contributed by atoms with Crippen LogP contribution >= 0.6 is 0 Å². The van der Waals surface area contributed by atoms with E-state index in [4.69, 9.17) is 0 Å². The first kappa shape index (κ1) is 19.2. The lowest BCUT2D eigenvalue weighted by molar-refractivity contribution is -0.142. The van der Waals surface area contributed by atoms with Crippen LogP contribution in [-0.2, 0) is 4.79 Å². The van der Waals surface area contributed by atoms with Crippen molar-refractivity contribution in [1.29, 1.82) is 0 Å². The van der Waals surface area contributed by atoms with Gasteiger partial charge in [0, 0.05) is 11.5 Å². The number of hydrogen-bond donors (Lipinski definition) is 3. The summed E-state index contributed by atoms with van der Waals surface area (Å²) in [6.45, 7) is 4.20. The molecule has 0 aromatic heterocycles. The fourth-order valence-corrected chi connectivity index (χ4v) is 7.74. The van der Waals surface area contributed by atoms with E-state index in [0.29, 0.717) is 11.8 Å². The molecule has 150 valence electrons. The maximum absolute atomic E-state index is 13.2. The molecule has 8 atom stereocenters. The fraction of sp³-hybridized carbons (Fsp3) is 0.783. The molecule has 0 aromatic carbocycles. The zero-order valence-corrected chi connectivity index (χ0v) is 16.6. The standard InChI is InChI=1S/C23H34O4/c1-14(25)18-5-6-20-17-4-3-15-13-16(26)7-10-22(15,2)19(17)8-11-23(18,20)21(27)9-12-24/h3,9,12,14,16-20,24-26H,4-8,10-11,13H2,1-2H3/b12-9+/t14-,16+,17-,18-,19+,20+,22+,23+/m1/s1. The lowest BCUT2D eigenvalue weighted by atomic mass is 9.46. The predicted octanol–water partition coefficient (Wildman–Crippen LogP) is 3.93. The van der Waals surface area contributed by atoms with Crippen molar-refractivity contribution in [3.8, 4) is 0 Å². The average molecular weight is 375 g/mol. The lowest BCUT2D eigenvalue weighted by Gasteiger charge is -2.58. The first-order valence-corrected chi connectivity index (χ1v) is 10.8. The van der Waals surface area contributed by atoms with Crippen LogP contribution in [0, 0.1) is 34.5 Å². The highest BCUT2D eigenvalue weighted by Crippen LogP contribution is 2.67. The number of aliphatic hydroxyl groups is 3. The Labute approximate surface area is 162 Å². The van der Waals surface area contributed by atoms with Gasteiger partial charge < -0.3 is 15.3 Å². The van der Waals surface area contributed by atoms with Crippen molar-refractivity contribution >= 4 is 5.78 Å². The van der Waals surface area contributed by atoms with Crippen LogP contribution in [0.3, 0.4) is 0 Å². The molecule has 4 nitrogen and oxygen atoms in total. The second-order valence-corrected chi connectivity index (χ2v) is 9.84. The summed E-state index contributed by atoms with van der Waals surface area (Å²) in [7, 11) is 0. The highest BCUT2D eigenvalue weighted by molar-refractivity contribution is 5.95. The molecule has 3 fully saturated rings. The van der Waals surface area contributed by atoms with E-state index in [1.807, 2.05) is 6.92 Å². The highest BCUT2D eigenvalue weighted by atomic mass is 16.3. The Balaban J connectivity index is 1.72. The SMILES string of the molecule is C[C@@H](O)[C@H]1CC[C@H]2[C@@H]3CC=C4C[C@@H](O)CC[C@]4(C)[C@H]3CC[C@]12C(=O)/C=C/O. The minimum absolute atomic E-state index is 0.0100. The van der Waals surface area contributed by atoms with Crippen molar-refractivity contribution in [3.63, 3.8) is 0 Å². The van der Waals surface area contributed by atoms with Crippen molar-refractivity contribution in [2.75, 3.05) is 0 Å². The Morgan fingerprint density at radius 2 is 2.00 bits per heavy atom. The number of carbonyl (C=O) groups excluding carboxylic acids is 1. The van der Waals surface area contributed by atoms with Crippen LogP contribution in [0.5, 0.6) is 0 Å². The first-order valence-electron chi connectivity index (χ1n) is 10.8. The molecule has 4 aliphatic rings. The molecule has 3 N–H and O–H groups in total. The molecule has 0 radical (unpaired) electrons. The Morgan fingerprint density at radius 3 is 2.70 bits per heavy atom. The van der Waals surface area contributed by atoms with E-state index in [2.05, 4.69) is 13.0 Å². The zero-order valence-electron chi connectivity index (χ0n) is 16.6. The second kappa shape index (κ2) is 6.73. The molecule has 0 heterocycles. The van der Waals surface area contributed by atoms with Crippen molar-refractivity contribution in [3.05, 3.63) is 24.0 Å². The van der Waals surface area contributed by atoms with E-state index in [0.717, 1.165) is 57.6 Å². The summed E-state index contributed by atoms with van der Waals surface area (Å²) >= 11 is 0. The Kier molecular flexibility index (Phi) is 4.79. The van der Waals surface area contributed by atoms with Gasteiger partial charge in [0.05, 0.1) is 18.5 Å². The van der Waals surface area contributed by atoms with E-state index in [9.17, 15) is 20.1 Å². The van der Waals surface area contributed by atoms with Crippen molar-refractivity contribution in [2.24, 2.45) is 34.5 Å². The largest absolute Gasteiger partial charge is 0.515 e. The molecule has 0 bridgehead atoms. The zero-order chi connectivity index (χ0) is 19.4. The number of allylic oxidation sites excluding steroid dienone is 2. The Morgan fingerprint density at radius 1 is 1.22 bits per heavy atom. The predicted molar refractivity (Wildman–Crippen MR) is 104 cm³/mol. The first-order chi connectivity index (χ1) is 12.8. The van der Waals surface area contributed by atoms with Crippen molar-refractivity contribution in [1.82, 2.24) is 0 Å². The topological polar surface area (TPSA) is 77.8 Å². The molecule has 0 amide bonds. The van der Waals surface area contributed by atoms with Gasteiger partial charge in [-0.15, -0.1) is 0 Å². The van der Waals surface area contributed by atoms with Gasteiger partial charge in [0.1, 0.15) is 0 Å². The van der Waals surface area contributed by atoms with Gasteiger partial charge in [-0.3, -0.25) is 4.79 Å². The fourth-order valence-electron chi connectivity index (χ4n) is 7.74. The van der Waals surface area contributed by atoms with Crippen LogP contribution in [-0.4, -0.2) is 33.3 Å². The molecule has 0 saturated heterocycles. The smallest absolute Gasteiger partial charge is 0.165 e. The summed E-state index contributed by atoms with van der Waals surface area (Å²) in [5.41, 5.74) is 1.05. The number of carbonyl (C=O) groups is 1. The molecule has 0 aromatic rings. The minimum Gasteiger partial charge on any atom is -0.515 e. The van der Waals surface area contributed by atoms with E-state index in [1.165, 1.54) is 11.6 Å². The van der Waals surface area contributed by atoms with Gasteiger partial charge in [0.2, 0.25) is 0 Å². The summed E-state index contributed by atoms with van der Waals surface area (Å²) in [4.78, 5) is 13.2. The molecule has 3 saturated carbocycles. The molecular formula is C23H34O4. The summed E-state index contributed by atoms with van der Waals surface area (Å²) < 4.78 is 0. The van der Waals surface area contributed by atoms with Gasteiger partial charge in [0.15, 0.2) is 5.78 Å². The number of rotatable bonds is 3. The molecule has 27 heavy (non-hydrogen) atoms. The number of ketones is 1. The average Bonchev–Trinajstić information content (AvgIpc) is 3.03. The number of aliphatic hydroxyl groups excluding tert-OH is 3. The van der Waals surface area contributed by atoms with Crippen molar-refractivity contribution in [2.45, 2.75) is 77.4 Å². The normalized spacial score (nSPS) is 47.7. The highest BCUT2D eigenvalue weighted by Gasteiger charge is 2.63. The third-order valence-corrected chi connectivity index (χ3v) is 8.92. The van der Waals surface area contributed by atoms with Crippen molar-refractivity contribution < 1.29 is 20.1 Å². The molecule has 4 heteroatoms. The van der Waals surface area contributed by atoms with Gasteiger partial charge >= 0.3 is 0 Å². The van der Waals surface area contributed by atoms with Gasteiger partial charge in [-0.25, -0.2) is 0 Å². The van der Waals surface area contributed by atoms with E-state index in [1.54, 1.807) is 0 Å². The number of hydrogen-bond acceptors (Lipinski definition) is 4. The third kappa shape index (κ3) is 2.66. The summed E-state index contributed by atoms with van der Waals surface area (Å²) in [5.74, 6) is 1.29. The van der Waals surface area contributed by atoms with E-state index >= 15 is 0 Å². The molecule has 0 spiro atoms. The van der Waals surface area contributed by atoms with Gasteiger partial charge in [-0.2, -0.15) is 0 Å². The van der Waals surface area contributed by atoms with Gasteiger partial charge in [0.25, 0.3) is 0 Å². The molecular weight excluding hydrogens is 340 g/mol. The van der Waals surface area contributed by atoms with Crippen LogP contribution in [0.1, 0.15) is 65.2 Å². The quantitative estimate of drug-likeness (QED) is 0.397. The maximum Gasteiger partial charge on any atom is 0.165 e. The van der Waals surface area contributed by atoms with Crippen LogP contribution in [0.15, 0.2) is 24.0 Å². The van der Waals surface area contributed by atoms with Crippen LogP contribution in [0.25, 0.3) is 0 Å². The maximum atomic E-state index is 13.2. The van der Waals surface area contributed by atoms with E-state index in [-0.39, 0.29) is 29.1 Å². The summed E-state index contributed by atoms with van der Waals surface area (Å²) in [6, 6.07) is 0. The lowest BCUT2D eigenvalue weighted by Crippen LogP contribution is -2.54. The summed E-state index contributed by atoms with van der Waals surface area (Å²) in [6.07, 6.45) is 11.2. The summed E-state index contributed by atoms with van der Waals surface area (Å²) in [5, 5.41) is 29.9. The Hall–Kier alpha value is -1.13. The second-order valence-electron chi connectivity index (χ2n) is 9.84. The van der Waals surface area contributed by atoms with Crippen LogP contribution in [0.4, 0.5) is 0 Å². The van der Waals surface area contributed by atoms with Crippen LogP contribution in [0.2, 0.25) is 0 Å². The molecule has 4 rings (SSSR count). The molecule has 0 unspecified atom stereocenters. The molecule has 4 aliphatic carbocycles. The van der Waals surface area contributed by atoms with E-state index < -0.39 is 11.5 Å².